The monoisotopic (exact) mass is 447 g/mol. The molecule has 0 saturated carbocycles. The van der Waals surface area contributed by atoms with Crippen LogP contribution in [0.4, 0.5) is 8.78 Å². The first kappa shape index (κ1) is 21.7. The lowest BCUT2D eigenvalue weighted by Gasteiger charge is -2.41. The van der Waals surface area contributed by atoms with Gasteiger partial charge in [-0.3, -0.25) is 9.69 Å². The summed E-state index contributed by atoms with van der Waals surface area (Å²) in [7, 11) is 0. The summed E-state index contributed by atoms with van der Waals surface area (Å²) >= 11 is 6.67. The summed E-state index contributed by atoms with van der Waals surface area (Å²) in [6, 6.07) is 8.40. The lowest BCUT2D eigenvalue weighted by Crippen LogP contribution is -2.56. The fourth-order valence-electron chi connectivity index (χ4n) is 4.47. The molecule has 2 heterocycles. The summed E-state index contributed by atoms with van der Waals surface area (Å²) in [5.74, 6) is -1.37. The van der Waals surface area contributed by atoms with Crippen molar-refractivity contribution in [2.75, 3.05) is 6.61 Å². The Bertz CT molecular complexity index is 1060. The highest BCUT2D eigenvalue weighted by atomic mass is 35.5. The molecule has 1 saturated heterocycles. The molecule has 2 aliphatic rings. The molecule has 0 aliphatic carbocycles. The fourth-order valence-corrected chi connectivity index (χ4v) is 4.90. The van der Waals surface area contributed by atoms with Gasteiger partial charge in [0.1, 0.15) is 11.6 Å². The molecule has 2 aliphatic heterocycles. The molecule has 31 heavy (non-hydrogen) atoms. The van der Waals surface area contributed by atoms with Crippen LogP contribution in [-0.4, -0.2) is 35.5 Å². The minimum Gasteiger partial charge on any atom is -0.378 e. The lowest BCUT2D eigenvalue weighted by molar-refractivity contribution is -0.133. The molecule has 4 rings (SSSR count). The van der Waals surface area contributed by atoms with Crippen molar-refractivity contribution in [1.29, 1.82) is 0 Å². The van der Waals surface area contributed by atoms with E-state index in [4.69, 9.17) is 22.1 Å². The third-order valence-electron chi connectivity index (χ3n) is 6.00. The highest BCUT2D eigenvalue weighted by molar-refractivity contribution is 6.34. The number of hydrogen-bond donors (Lipinski definition) is 1. The number of hydrogen-bond acceptors (Lipinski definition) is 4. The van der Waals surface area contributed by atoms with E-state index >= 15 is 0 Å². The van der Waals surface area contributed by atoms with E-state index in [-0.39, 0.29) is 41.0 Å². The molecule has 8 heteroatoms. The summed E-state index contributed by atoms with van der Waals surface area (Å²) in [6.07, 6.45) is 1.51. The van der Waals surface area contributed by atoms with Crippen molar-refractivity contribution in [2.24, 2.45) is 10.7 Å². The van der Waals surface area contributed by atoms with Gasteiger partial charge in [-0.05, 0) is 44.4 Å². The van der Waals surface area contributed by atoms with Crippen molar-refractivity contribution in [1.82, 2.24) is 4.90 Å². The maximum atomic E-state index is 14.4. The number of halogens is 3. The van der Waals surface area contributed by atoms with E-state index in [0.29, 0.717) is 30.6 Å². The molecular weight excluding hydrogens is 424 g/mol. The van der Waals surface area contributed by atoms with E-state index in [9.17, 15) is 13.6 Å². The molecule has 164 valence electrons. The van der Waals surface area contributed by atoms with Gasteiger partial charge in [0.25, 0.3) is 0 Å². The third kappa shape index (κ3) is 4.04. The number of nitrogens with two attached hydrogens (primary N) is 1. The van der Waals surface area contributed by atoms with Gasteiger partial charge in [0.2, 0.25) is 5.91 Å². The molecule has 1 amide bonds. The van der Waals surface area contributed by atoms with Crippen molar-refractivity contribution in [2.45, 2.75) is 50.8 Å². The van der Waals surface area contributed by atoms with Crippen LogP contribution in [0.15, 0.2) is 41.4 Å². The third-order valence-corrected chi connectivity index (χ3v) is 6.40. The molecular formula is C23H24ClF2N3O2. The molecule has 0 aromatic heterocycles. The predicted octanol–water partition coefficient (Wildman–Crippen LogP) is 4.61. The summed E-state index contributed by atoms with van der Waals surface area (Å²) in [4.78, 5) is 19.4. The van der Waals surface area contributed by atoms with Gasteiger partial charge < -0.3 is 10.5 Å². The first-order valence-corrected chi connectivity index (χ1v) is 10.6. The van der Waals surface area contributed by atoms with E-state index in [2.05, 4.69) is 4.99 Å². The number of guanidine groups is 1. The van der Waals surface area contributed by atoms with Gasteiger partial charge in [0.05, 0.1) is 23.1 Å². The van der Waals surface area contributed by atoms with Crippen LogP contribution in [0.3, 0.4) is 0 Å². The first-order valence-electron chi connectivity index (χ1n) is 10.2. The molecule has 3 atom stereocenters. The van der Waals surface area contributed by atoms with E-state index in [1.165, 1.54) is 12.1 Å². The predicted molar refractivity (Wildman–Crippen MR) is 116 cm³/mol. The zero-order valence-electron chi connectivity index (χ0n) is 17.4. The number of carbonyl (C=O) groups is 1. The highest BCUT2D eigenvalue weighted by Gasteiger charge is 2.42. The molecule has 5 nitrogen and oxygen atoms in total. The zero-order chi connectivity index (χ0) is 22.3. The topological polar surface area (TPSA) is 67.9 Å². The van der Waals surface area contributed by atoms with Crippen LogP contribution >= 0.6 is 11.6 Å². The normalized spacial score (nSPS) is 26.7. The van der Waals surface area contributed by atoms with Crippen molar-refractivity contribution >= 4 is 23.5 Å². The van der Waals surface area contributed by atoms with Gasteiger partial charge >= 0.3 is 0 Å². The molecule has 2 N–H and O–H groups in total. The Morgan fingerprint density at radius 3 is 2.71 bits per heavy atom. The van der Waals surface area contributed by atoms with Gasteiger partial charge in [-0.2, -0.15) is 0 Å². The maximum Gasteiger partial charge on any atom is 0.232 e. The van der Waals surface area contributed by atoms with Crippen molar-refractivity contribution < 1.29 is 18.3 Å². The Morgan fingerprint density at radius 2 is 2.03 bits per heavy atom. The van der Waals surface area contributed by atoms with Crippen LogP contribution < -0.4 is 5.73 Å². The average molecular weight is 448 g/mol. The van der Waals surface area contributed by atoms with Gasteiger partial charge in [-0.15, -0.1) is 0 Å². The Kier molecular flexibility index (Phi) is 5.75. The van der Waals surface area contributed by atoms with Crippen LogP contribution in [0.5, 0.6) is 0 Å². The number of carbonyl (C=O) groups excluding carboxylic acids is 1. The summed E-state index contributed by atoms with van der Waals surface area (Å²) in [6.45, 7) is 4.32. The standard InChI is InChI=1S/C23H24ClF2N3O2/c1-13-10-15(8-9-31-13)29-20(30)12-23(2,28-22(29)27)18-5-3-4-17(21(18)24)16-7-6-14(25)11-19(16)26/h3-7,11,13,15H,8-10,12H2,1-2H3,(H2,27,28)/t13-,15-,23-/m0/s1. The van der Waals surface area contributed by atoms with Crippen molar-refractivity contribution in [3.05, 3.63) is 58.6 Å². The van der Waals surface area contributed by atoms with Crippen LogP contribution in [0.1, 0.15) is 38.7 Å². The van der Waals surface area contributed by atoms with Crippen molar-refractivity contribution in [3.8, 4) is 11.1 Å². The van der Waals surface area contributed by atoms with Crippen LogP contribution in [0.2, 0.25) is 5.02 Å². The largest absolute Gasteiger partial charge is 0.378 e. The highest BCUT2D eigenvalue weighted by Crippen LogP contribution is 2.42. The van der Waals surface area contributed by atoms with Gasteiger partial charge in [-0.25, -0.2) is 13.8 Å². The van der Waals surface area contributed by atoms with Gasteiger partial charge in [0.15, 0.2) is 5.96 Å². The molecule has 0 bridgehead atoms. The Labute approximate surface area is 184 Å². The van der Waals surface area contributed by atoms with Gasteiger partial charge in [-0.1, -0.05) is 29.8 Å². The number of nitrogens with zero attached hydrogens (tertiary/aromatic N) is 2. The summed E-state index contributed by atoms with van der Waals surface area (Å²) in [5, 5.41) is 0.257. The average Bonchev–Trinajstić information content (AvgIpc) is 2.68. The minimum absolute atomic E-state index is 0.0457. The van der Waals surface area contributed by atoms with E-state index in [0.717, 1.165) is 6.07 Å². The number of amides is 1. The fraction of sp³-hybridized carbons (Fsp3) is 0.391. The summed E-state index contributed by atoms with van der Waals surface area (Å²) in [5.41, 5.74) is 6.41. The molecule has 2 aromatic carbocycles. The Hall–Kier alpha value is -2.51. The van der Waals surface area contributed by atoms with Crippen LogP contribution in [0.25, 0.3) is 11.1 Å². The second-order valence-electron chi connectivity index (χ2n) is 8.34. The van der Waals surface area contributed by atoms with Crippen LogP contribution in [0, 0.1) is 11.6 Å². The second-order valence-corrected chi connectivity index (χ2v) is 8.71. The second kappa shape index (κ2) is 8.20. The molecule has 0 radical (unpaired) electrons. The van der Waals surface area contributed by atoms with Crippen molar-refractivity contribution in [3.63, 3.8) is 0 Å². The zero-order valence-corrected chi connectivity index (χ0v) is 18.1. The summed E-state index contributed by atoms with van der Waals surface area (Å²) < 4.78 is 33.3. The van der Waals surface area contributed by atoms with Crippen LogP contribution in [-0.2, 0) is 15.1 Å². The Morgan fingerprint density at radius 1 is 1.26 bits per heavy atom. The smallest absolute Gasteiger partial charge is 0.232 e. The minimum atomic E-state index is -1.00. The molecule has 1 fully saturated rings. The SMILES string of the molecule is C[C@H]1C[C@@H](N2C(=O)C[C@@](C)(c3cccc(-c4ccc(F)cc4F)c3Cl)N=C2N)CCO1. The Balaban J connectivity index is 1.72. The maximum absolute atomic E-state index is 14.4. The van der Waals surface area contributed by atoms with E-state index in [1.807, 2.05) is 6.92 Å². The molecule has 0 unspecified atom stereocenters. The number of aliphatic imine (C=N–C) groups is 1. The lowest BCUT2D eigenvalue weighted by atomic mass is 9.85. The number of benzene rings is 2. The quantitative estimate of drug-likeness (QED) is 0.746. The van der Waals surface area contributed by atoms with Gasteiger partial charge in [0, 0.05) is 29.8 Å². The molecule has 2 aromatic rings. The first-order chi connectivity index (χ1) is 14.7. The van der Waals surface area contributed by atoms with E-state index < -0.39 is 17.2 Å². The number of ether oxygens (including phenoxy) is 1. The van der Waals surface area contributed by atoms with E-state index in [1.54, 1.807) is 30.0 Å². The molecule has 0 spiro atoms. The number of rotatable bonds is 3.